The number of anilines is 2. The number of carbonyl (C=O) groups excluding carboxylic acids is 3. The third-order valence-corrected chi connectivity index (χ3v) is 4.85. The maximum absolute atomic E-state index is 13.0. The molecule has 3 rings (SSSR count). The third kappa shape index (κ3) is 7.60. The Kier molecular flexibility index (Phi) is 8.09. The number of rotatable bonds is 6. The van der Waals surface area contributed by atoms with Gasteiger partial charge in [-0.15, -0.1) is 0 Å². The van der Waals surface area contributed by atoms with E-state index in [9.17, 15) is 14.4 Å². The number of ether oxygens (including phenoxy) is 2. The van der Waals surface area contributed by atoms with Gasteiger partial charge < -0.3 is 20.1 Å². The first-order valence-electron chi connectivity index (χ1n) is 11.1. The molecule has 3 aromatic carbocycles. The molecular weight excluding hydrogens is 446 g/mol. The van der Waals surface area contributed by atoms with E-state index in [0.29, 0.717) is 16.9 Å². The fourth-order valence-electron chi connectivity index (χ4n) is 3.20. The minimum absolute atomic E-state index is 0.275. The van der Waals surface area contributed by atoms with E-state index in [4.69, 9.17) is 4.74 Å². The summed E-state index contributed by atoms with van der Waals surface area (Å²) in [6.07, 6.45) is -1.15. The molecule has 0 aliphatic rings. The van der Waals surface area contributed by atoms with Crippen molar-refractivity contribution in [3.63, 3.8) is 0 Å². The van der Waals surface area contributed by atoms with E-state index in [-0.39, 0.29) is 12.5 Å². The number of amides is 3. The van der Waals surface area contributed by atoms with E-state index < -0.39 is 17.8 Å². The summed E-state index contributed by atoms with van der Waals surface area (Å²) in [4.78, 5) is 36.6. The first-order chi connectivity index (χ1) is 16.6. The van der Waals surface area contributed by atoms with Crippen molar-refractivity contribution in [2.45, 2.75) is 32.9 Å². The second-order valence-electron chi connectivity index (χ2n) is 8.75. The van der Waals surface area contributed by atoms with Crippen LogP contribution < -0.4 is 16.0 Å². The lowest BCUT2D eigenvalue weighted by Gasteiger charge is -2.21. The van der Waals surface area contributed by atoms with Crippen molar-refractivity contribution in [1.29, 1.82) is 0 Å². The molecule has 3 amide bonds. The predicted octanol–water partition coefficient (Wildman–Crippen LogP) is 5.81. The Morgan fingerprint density at radius 3 is 2.09 bits per heavy atom. The summed E-state index contributed by atoms with van der Waals surface area (Å²) in [5, 5.41) is 8.19. The molecule has 182 valence electrons. The first-order valence-corrected chi connectivity index (χ1v) is 11.1. The molecule has 8 nitrogen and oxygen atoms in total. The van der Waals surface area contributed by atoms with Crippen LogP contribution in [0.5, 0.6) is 0 Å². The van der Waals surface area contributed by atoms with Crippen LogP contribution in [0.2, 0.25) is 0 Å². The van der Waals surface area contributed by atoms with Crippen LogP contribution >= 0.6 is 0 Å². The van der Waals surface area contributed by atoms with Gasteiger partial charge in [0.05, 0.1) is 18.5 Å². The minimum atomic E-state index is -0.665. The van der Waals surface area contributed by atoms with Crippen molar-refractivity contribution < 1.29 is 23.9 Å². The molecule has 0 spiro atoms. The Bertz CT molecular complexity index is 1190. The molecule has 0 heterocycles. The van der Waals surface area contributed by atoms with E-state index in [1.54, 1.807) is 57.2 Å². The Labute approximate surface area is 204 Å². The van der Waals surface area contributed by atoms with Crippen LogP contribution in [0.4, 0.5) is 21.0 Å². The van der Waals surface area contributed by atoms with Gasteiger partial charge in [0.1, 0.15) is 5.60 Å². The van der Waals surface area contributed by atoms with Gasteiger partial charge in [0.25, 0.3) is 5.91 Å². The molecular formula is C27H29N3O5. The summed E-state index contributed by atoms with van der Waals surface area (Å²) in [5.74, 6) is -0.352. The lowest BCUT2D eigenvalue weighted by molar-refractivity contribution is 0.0635. The van der Waals surface area contributed by atoms with E-state index in [1.165, 1.54) is 7.11 Å². The van der Waals surface area contributed by atoms with Gasteiger partial charge in [0.2, 0.25) is 0 Å². The van der Waals surface area contributed by atoms with Gasteiger partial charge in [0, 0.05) is 12.1 Å². The van der Waals surface area contributed by atoms with Crippen molar-refractivity contribution in [1.82, 2.24) is 5.32 Å². The number of nitrogens with one attached hydrogen (secondary N) is 3. The van der Waals surface area contributed by atoms with Gasteiger partial charge in [0.15, 0.2) is 0 Å². The van der Waals surface area contributed by atoms with E-state index in [1.807, 2.05) is 36.4 Å². The van der Waals surface area contributed by atoms with Gasteiger partial charge in [-0.05, 0) is 61.7 Å². The van der Waals surface area contributed by atoms with Crippen LogP contribution in [0.25, 0.3) is 11.1 Å². The molecule has 0 unspecified atom stereocenters. The lowest BCUT2D eigenvalue weighted by Crippen LogP contribution is -2.27. The number of alkyl carbamates (subject to hydrolysis) is 1. The molecule has 0 aliphatic carbocycles. The second kappa shape index (κ2) is 11.2. The second-order valence-corrected chi connectivity index (χ2v) is 8.75. The summed E-state index contributed by atoms with van der Waals surface area (Å²) < 4.78 is 9.91. The zero-order valence-corrected chi connectivity index (χ0v) is 20.2. The molecule has 0 saturated carbocycles. The van der Waals surface area contributed by atoms with Gasteiger partial charge in [-0.1, -0.05) is 48.5 Å². The molecule has 0 fully saturated rings. The minimum Gasteiger partial charge on any atom is -0.453 e. The number of hydrogen-bond acceptors (Lipinski definition) is 5. The fourth-order valence-corrected chi connectivity index (χ4v) is 3.20. The van der Waals surface area contributed by atoms with Crippen molar-refractivity contribution in [2.24, 2.45) is 0 Å². The Morgan fingerprint density at radius 2 is 1.46 bits per heavy atom. The maximum Gasteiger partial charge on any atom is 0.412 e. The molecule has 3 aromatic rings. The lowest BCUT2D eigenvalue weighted by atomic mass is 10.0. The van der Waals surface area contributed by atoms with Crippen LogP contribution in [0.1, 0.15) is 36.7 Å². The van der Waals surface area contributed by atoms with Gasteiger partial charge >= 0.3 is 12.2 Å². The standard InChI is InChI=1S/C27H29N3O5/c1-27(2,3)35-26(33)30-22-15-14-21(19-8-6-5-7-9-19)16-23(22)29-24(31)20-12-10-18(11-13-20)17-28-25(32)34-4/h5-16H,17H2,1-4H3,(H,28,32)(H,29,31)(H,30,33). The van der Waals surface area contributed by atoms with Crippen LogP contribution in [-0.4, -0.2) is 30.8 Å². The van der Waals surface area contributed by atoms with E-state index >= 15 is 0 Å². The van der Waals surface area contributed by atoms with Crippen molar-refractivity contribution >= 4 is 29.5 Å². The number of hydrogen-bond donors (Lipinski definition) is 3. The molecule has 3 N–H and O–H groups in total. The van der Waals surface area contributed by atoms with Crippen molar-refractivity contribution in [2.75, 3.05) is 17.7 Å². The topological polar surface area (TPSA) is 106 Å². The Hall–Kier alpha value is -4.33. The normalized spacial score (nSPS) is 10.7. The first kappa shape index (κ1) is 25.3. The molecule has 0 bridgehead atoms. The highest BCUT2D eigenvalue weighted by atomic mass is 16.6. The predicted molar refractivity (Wildman–Crippen MR) is 135 cm³/mol. The van der Waals surface area contributed by atoms with Crippen LogP contribution in [0.3, 0.4) is 0 Å². The summed E-state index contributed by atoms with van der Waals surface area (Å²) in [6, 6.07) is 21.9. The van der Waals surface area contributed by atoms with E-state index in [2.05, 4.69) is 20.7 Å². The summed E-state index contributed by atoms with van der Waals surface area (Å²) in [6.45, 7) is 5.60. The summed E-state index contributed by atoms with van der Waals surface area (Å²) >= 11 is 0. The molecule has 0 radical (unpaired) electrons. The molecule has 35 heavy (non-hydrogen) atoms. The molecule has 0 atom stereocenters. The van der Waals surface area contributed by atoms with Crippen molar-refractivity contribution in [3.05, 3.63) is 83.9 Å². The van der Waals surface area contributed by atoms with E-state index in [0.717, 1.165) is 16.7 Å². The zero-order valence-electron chi connectivity index (χ0n) is 20.2. The van der Waals surface area contributed by atoms with Crippen LogP contribution in [0, 0.1) is 0 Å². The fraction of sp³-hybridized carbons (Fsp3) is 0.222. The average Bonchev–Trinajstić information content (AvgIpc) is 2.83. The monoisotopic (exact) mass is 475 g/mol. The van der Waals surface area contributed by atoms with Gasteiger partial charge in [-0.3, -0.25) is 10.1 Å². The van der Waals surface area contributed by atoms with Crippen LogP contribution in [-0.2, 0) is 16.0 Å². The molecule has 0 aliphatic heterocycles. The summed E-state index contributed by atoms with van der Waals surface area (Å²) in [5.41, 5.74) is 3.24. The van der Waals surface area contributed by atoms with Gasteiger partial charge in [-0.2, -0.15) is 0 Å². The van der Waals surface area contributed by atoms with Crippen LogP contribution in [0.15, 0.2) is 72.8 Å². The SMILES string of the molecule is COC(=O)NCc1ccc(C(=O)Nc2cc(-c3ccccc3)ccc2NC(=O)OC(C)(C)C)cc1. The Morgan fingerprint density at radius 1 is 0.771 bits per heavy atom. The van der Waals surface area contributed by atoms with Crippen molar-refractivity contribution in [3.8, 4) is 11.1 Å². The average molecular weight is 476 g/mol. The quantitative estimate of drug-likeness (QED) is 0.417. The highest BCUT2D eigenvalue weighted by Gasteiger charge is 2.18. The highest BCUT2D eigenvalue weighted by molar-refractivity contribution is 6.07. The smallest absolute Gasteiger partial charge is 0.412 e. The summed E-state index contributed by atoms with van der Waals surface area (Å²) in [7, 11) is 1.29. The largest absolute Gasteiger partial charge is 0.453 e. The number of methoxy groups -OCH3 is 1. The molecule has 0 saturated heterocycles. The maximum atomic E-state index is 13.0. The highest BCUT2D eigenvalue weighted by Crippen LogP contribution is 2.30. The van der Waals surface area contributed by atoms with Gasteiger partial charge in [-0.25, -0.2) is 9.59 Å². The molecule has 8 heteroatoms. The number of benzene rings is 3. The Balaban J connectivity index is 1.82. The third-order valence-electron chi connectivity index (χ3n) is 4.85. The number of carbonyl (C=O) groups is 3. The molecule has 0 aromatic heterocycles. The zero-order chi connectivity index (χ0) is 25.4.